The first-order valence-electron chi connectivity index (χ1n) is 5.49. The molecule has 0 spiro atoms. The number of carbonyl (C=O) groups excluding carboxylic acids is 1. The van der Waals surface area contributed by atoms with Gasteiger partial charge in [0.15, 0.2) is 11.6 Å². The molecular formula is C13H11ClFNO4. The fraction of sp³-hybridized carbons (Fsp3) is 0.154. The fourth-order valence-corrected chi connectivity index (χ4v) is 1.91. The second kappa shape index (κ2) is 5.42. The van der Waals surface area contributed by atoms with Crippen molar-refractivity contribution in [2.75, 3.05) is 20.0 Å². The summed E-state index contributed by atoms with van der Waals surface area (Å²) in [6.07, 6.45) is 0. The monoisotopic (exact) mass is 299 g/mol. The van der Waals surface area contributed by atoms with Crippen LogP contribution in [0.3, 0.4) is 0 Å². The minimum Gasteiger partial charge on any atom is -0.494 e. The van der Waals surface area contributed by atoms with E-state index in [2.05, 4.69) is 4.74 Å². The maximum Gasteiger partial charge on any atom is 0.376 e. The molecule has 0 saturated carbocycles. The van der Waals surface area contributed by atoms with Crippen molar-refractivity contribution >= 4 is 23.3 Å². The summed E-state index contributed by atoms with van der Waals surface area (Å²) in [5.41, 5.74) is 6.12. The summed E-state index contributed by atoms with van der Waals surface area (Å²) in [5, 5.41) is 0.105. The van der Waals surface area contributed by atoms with Gasteiger partial charge in [0.05, 0.1) is 24.9 Å². The highest BCUT2D eigenvalue weighted by molar-refractivity contribution is 6.33. The summed E-state index contributed by atoms with van der Waals surface area (Å²) < 4.78 is 28.2. The fourth-order valence-electron chi connectivity index (χ4n) is 1.66. The molecule has 1 aromatic heterocycles. The first-order valence-corrected chi connectivity index (χ1v) is 5.86. The SMILES string of the molecule is COC(=O)c1oc(-c2cc(OC)c(F)cc2Cl)cc1N. The predicted octanol–water partition coefficient (Wildman–Crippen LogP) is 3.12. The number of carbonyl (C=O) groups is 1. The molecule has 5 nitrogen and oxygen atoms in total. The number of anilines is 1. The van der Waals surface area contributed by atoms with Crippen LogP contribution < -0.4 is 10.5 Å². The van der Waals surface area contributed by atoms with Crippen LogP contribution in [0.2, 0.25) is 5.02 Å². The Kier molecular flexibility index (Phi) is 3.85. The maximum atomic E-state index is 13.5. The normalized spacial score (nSPS) is 10.4. The van der Waals surface area contributed by atoms with Crippen LogP contribution in [0.4, 0.5) is 10.1 Å². The zero-order valence-corrected chi connectivity index (χ0v) is 11.5. The molecule has 0 aliphatic rings. The molecule has 0 bridgehead atoms. The quantitative estimate of drug-likeness (QED) is 0.881. The van der Waals surface area contributed by atoms with Crippen LogP contribution in [0.15, 0.2) is 22.6 Å². The van der Waals surface area contributed by atoms with E-state index in [-0.39, 0.29) is 28.0 Å². The molecule has 0 aliphatic carbocycles. The Labute approximate surface area is 119 Å². The van der Waals surface area contributed by atoms with Gasteiger partial charge in [-0.3, -0.25) is 0 Å². The van der Waals surface area contributed by atoms with E-state index in [9.17, 15) is 9.18 Å². The number of benzene rings is 1. The Bertz CT molecular complexity index is 669. The molecular weight excluding hydrogens is 289 g/mol. The lowest BCUT2D eigenvalue weighted by atomic mass is 10.1. The van der Waals surface area contributed by atoms with Gasteiger partial charge >= 0.3 is 5.97 Å². The minimum atomic E-state index is -0.709. The van der Waals surface area contributed by atoms with Crippen LogP contribution in [0.25, 0.3) is 11.3 Å². The van der Waals surface area contributed by atoms with Gasteiger partial charge in [0.2, 0.25) is 5.76 Å². The van der Waals surface area contributed by atoms with Gasteiger partial charge in [-0.05, 0) is 12.1 Å². The third kappa shape index (κ3) is 2.42. The van der Waals surface area contributed by atoms with Gasteiger partial charge in [0.1, 0.15) is 5.76 Å². The number of furan rings is 1. The number of nitrogens with two attached hydrogens (primary N) is 1. The standard InChI is InChI=1S/C13H11ClFNO4/c1-18-11-3-6(7(14)4-8(11)15)10-5-9(16)12(20-10)13(17)19-2/h3-5H,16H2,1-2H3. The predicted molar refractivity (Wildman–Crippen MR) is 71.4 cm³/mol. The highest BCUT2D eigenvalue weighted by Crippen LogP contribution is 2.36. The summed E-state index contributed by atoms with van der Waals surface area (Å²) in [6, 6.07) is 3.86. The Hall–Kier alpha value is -2.21. The molecule has 0 radical (unpaired) electrons. The molecule has 106 valence electrons. The van der Waals surface area contributed by atoms with Crippen LogP contribution in [-0.2, 0) is 4.74 Å². The zero-order valence-electron chi connectivity index (χ0n) is 10.7. The number of halogens is 2. The summed E-state index contributed by atoms with van der Waals surface area (Å²) in [6.45, 7) is 0. The van der Waals surface area contributed by atoms with Crippen LogP contribution >= 0.6 is 11.6 Å². The Morgan fingerprint density at radius 3 is 2.65 bits per heavy atom. The number of ether oxygens (including phenoxy) is 2. The number of hydrogen-bond acceptors (Lipinski definition) is 5. The van der Waals surface area contributed by atoms with Crippen molar-refractivity contribution in [1.82, 2.24) is 0 Å². The lowest BCUT2D eigenvalue weighted by Crippen LogP contribution is -2.02. The van der Waals surface area contributed by atoms with Gasteiger partial charge in [0, 0.05) is 11.6 Å². The van der Waals surface area contributed by atoms with E-state index >= 15 is 0 Å². The molecule has 2 aromatic rings. The molecule has 0 aliphatic heterocycles. The largest absolute Gasteiger partial charge is 0.494 e. The molecule has 0 amide bonds. The van der Waals surface area contributed by atoms with Crippen LogP contribution in [0.1, 0.15) is 10.6 Å². The maximum absolute atomic E-state index is 13.5. The molecule has 1 aromatic carbocycles. The highest BCUT2D eigenvalue weighted by Gasteiger charge is 2.20. The van der Waals surface area contributed by atoms with Gasteiger partial charge in [-0.25, -0.2) is 9.18 Å². The van der Waals surface area contributed by atoms with Gasteiger partial charge in [-0.2, -0.15) is 0 Å². The van der Waals surface area contributed by atoms with E-state index in [0.717, 1.165) is 6.07 Å². The van der Waals surface area contributed by atoms with Gasteiger partial charge in [-0.15, -0.1) is 0 Å². The lowest BCUT2D eigenvalue weighted by Gasteiger charge is -2.06. The molecule has 2 rings (SSSR count). The second-order valence-corrected chi connectivity index (χ2v) is 4.26. The van der Waals surface area contributed by atoms with Crippen molar-refractivity contribution in [2.24, 2.45) is 0 Å². The minimum absolute atomic E-state index is 0.000936. The summed E-state index contributed by atoms with van der Waals surface area (Å²) >= 11 is 5.96. The van der Waals surface area contributed by atoms with E-state index in [1.165, 1.54) is 26.4 Å². The van der Waals surface area contributed by atoms with Crippen molar-refractivity contribution in [3.8, 4) is 17.1 Å². The van der Waals surface area contributed by atoms with Crippen molar-refractivity contribution in [3.05, 3.63) is 34.8 Å². The highest BCUT2D eigenvalue weighted by atomic mass is 35.5. The van der Waals surface area contributed by atoms with Gasteiger partial charge in [0.25, 0.3) is 0 Å². The van der Waals surface area contributed by atoms with Crippen LogP contribution in [0.5, 0.6) is 5.75 Å². The van der Waals surface area contributed by atoms with E-state index < -0.39 is 11.8 Å². The topological polar surface area (TPSA) is 74.7 Å². The first-order chi connectivity index (χ1) is 9.47. The average Bonchev–Trinajstić information content (AvgIpc) is 2.80. The summed E-state index contributed by atoms with van der Waals surface area (Å²) in [5.74, 6) is -1.24. The number of hydrogen-bond donors (Lipinski definition) is 1. The van der Waals surface area contributed by atoms with E-state index in [4.69, 9.17) is 26.5 Å². The lowest BCUT2D eigenvalue weighted by molar-refractivity contribution is 0.0567. The molecule has 1 heterocycles. The van der Waals surface area contributed by atoms with Gasteiger partial charge < -0.3 is 19.6 Å². The molecule has 20 heavy (non-hydrogen) atoms. The van der Waals surface area contributed by atoms with Crippen LogP contribution in [-0.4, -0.2) is 20.2 Å². The third-order valence-corrected chi connectivity index (χ3v) is 2.95. The van der Waals surface area contributed by atoms with Crippen molar-refractivity contribution in [1.29, 1.82) is 0 Å². The molecule has 0 fully saturated rings. The van der Waals surface area contributed by atoms with Crippen LogP contribution in [0, 0.1) is 5.82 Å². The molecule has 2 N–H and O–H groups in total. The number of methoxy groups -OCH3 is 2. The summed E-state index contributed by atoms with van der Waals surface area (Å²) in [4.78, 5) is 11.4. The number of nitrogen functional groups attached to an aromatic ring is 1. The molecule has 0 saturated heterocycles. The number of rotatable bonds is 3. The Balaban J connectivity index is 2.54. The Morgan fingerprint density at radius 2 is 2.05 bits per heavy atom. The van der Waals surface area contributed by atoms with E-state index in [1.807, 2.05) is 0 Å². The zero-order chi connectivity index (χ0) is 14.9. The molecule has 0 atom stereocenters. The second-order valence-electron chi connectivity index (χ2n) is 3.85. The van der Waals surface area contributed by atoms with E-state index in [1.54, 1.807) is 0 Å². The van der Waals surface area contributed by atoms with Crippen molar-refractivity contribution < 1.29 is 23.1 Å². The third-order valence-electron chi connectivity index (χ3n) is 2.64. The first kappa shape index (κ1) is 14.2. The Morgan fingerprint density at radius 1 is 1.35 bits per heavy atom. The van der Waals surface area contributed by atoms with E-state index in [0.29, 0.717) is 5.56 Å². The molecule has 0 unspecified atom stereocenters. The van der Waals surface area contributed by atoms with Gasteiger partial charge in [-0.1, -0.05) is 11.6 Å². The van der Waals surface area contributed by atoms with Crippen molar-refractivity contribution in [3.63, 3.8) is 0 Å². The summed E-state index contributed by atoms with van der Waals surface area (Å²) in [7, 11) is 2.53. The molecule has 7 heteroatoms. The van der Waals surface area contributed by atoms with Crippen molar-refractivity contribution in [2.45, 2.75) is 0 Å². The number of esters is 1. The smallest absolute Gasteiger partial charge is 0.376 e. The average molecular weight is 300 g/mol.